The van der Waals surface area contributed by atoms with Gasteiger partial charge < -0.3 is 20.8 Å². The Balaban J connectivity index is 1.63. The second kappa shape index (κ2) is 10.0. The van der Waals surface area contributed by atoms with Crippen LogP contribution in [0, 0.1) is 17.3 Å². The van der Waals surface area contributed by atoms with Crippen LogP contribution in [0.25, 0.3) is 0 Å². The zero-order valence-corrected chi connectivity index (χ0v) is 20.0. The van der Waals surface area contributed by atoms with Gasteiger partial charge in [-0.3, -0.25) is 14.4 Å². The molecule has 3 rings (SSSR count). The van der Waals surface area contributed by atoms with Gasteiger partial charge in [0.15, 0.2) is 0 Å². The minimum Gasteiger partial charge on any atom is -0.481 e. The number of carboxylic acid groups (broad SMARTS) is 2. The third-order valence-corrected chi connectivity index (χ3v) is 6.97. The normalized spacial score (nSPS) is 19.4. The molecule has 0 aliphatic heterocycles. The number of halogens is 2. The van der Waals surface area contributed by atoms with Crippen LogP contribution in [0.1, 0.15) is 36.2 Å². The summed E-state index contributed by atoms with van der Waals surface area (Å²) in [6.07, 6.45) is 0.186. The summed E-state index contributed by atoms with van der Waals surface area (Å²) < 4.78 is 0. The van der Waals surface area contributed by atoms with Crippen LogP contribution in [0.5, 0.6) is 0 Å². The van der Waals surface area contributed by atoms with Crippen LogP contribution < -0.4 is 10.6 Å². The molecule has 0 unspecified atom stereocenters. The van der Waals surface area contributed by atoms with Crippen molar-refractivity contribution in [3.63, 3.8) is 0 Å². The SMILES string of the molecule is CC1(C)[C@H](C(=O)O)C[C@H]1C(=O)N[C@@H](Cc1ccc(NC(=O)c2c(Cl)cccc2Cl)cc1)C(=O)O. The van der Waals surface area contributed by atoms with Gasteiger partial charge in [0.2, 0.25) is 5.91 Å². The molecule has 0 radical (unpaired) electrons. The molecule has 1 fully saturated rings. The van der Waals surface area contributed by atoms with Crippen LogP contribution in [-0.4, -0.2) is 40.0 Å². The number of carboxylic acids is 2. The monoisotopic (exact) mass is 506 g/mol. The van der Waals surface area contributed by atoms with E-state index in [1.807, 2.05) is 0 Å². The molecule has 180 valence electrons. The van der Waals surface area contributed by atoms with Crippen molar-refractivity contribution in [1.29, 1.82) is 0 Å². The molecule has 2 aromatic rings. The quantitative estimate of drug-likeness (QED) is 0.425. The number of anilines is 1. The van der Waals surface area contributed by atoms with Crippen molar-refractivity contribution in [1.82, 2.24) is 5.32 Å². The van der Waals surface area contributed by atoms with Gasteiger partial charge >= 0.3 is 11.9 Å². The minimum absolute atomic E-state index is 0.0150. The lowest BCUT2D eigenvalue weighted by atomic mass is 9.54. The van der Waals surface area contributed by atoms with Gasteiger partial charge in [0.1, 0.15) is 6.04 Å². The summed E-state index contributed by atoms with van der Waals surface area (Å²) in [7, 11) is 0. The number of rotatable bonds is 8. The number of aliphatic carboxylic acids is 2. The van der Waals surface area contributed by atoms with E-state index in [1.54, 1.807) is 56.3 Å². The smallest absolute Gasteiger partial charge is 0.326 e. The van der Waals surface area contributed by atoms with Gasteiger partial charge in [0.05, 0.1) is 21.5 Å². The van der Waals surface area contributed by atoms with Crippen LogP contribution in [0.2, 0.25) is 10.0 Å². The molecular formula is C24H24Cl2N2O6. The Labute approximate surface area is 206 Å². The van der Waals surface area contributed by atoms with Crippen LogP contribution >= 0.6 is 23.2 Å². The highest BCUT2D eigenvalue weighted by Gasteiger charge is 2.55. The highest BCUT2D eigenvalue weighted by Crippen LogP contribution is 2.51. The molecule has 0 heterocycles. The van der Waals surface area contributed by atoms with E-state index in [9.17, 15) is 29.4 Å². The Morgan fingerprint density at radius 2 is 1.59 bits per heavy atom. The maximum Gasteiger partial charge on any atom is 0.326 e. The lowest BCUT2D eigenvalue weighted by Crippen LogP contribution is -2.57. The molecular weight excluding hydrogens is 483 g/mol. The molecule has 0 aromatic heterocycles. The summed E-state index contributed by atoms with van der Waals surface area (Å²) >= 11 is 12.1. The predicted molar refractivity (Wildman–Crippen MR) is 127 cm³/mol. The first kappa shape index (κ1) is 25.5. The Morgan fingerprint density at radius 1 is 1.00 bits per heavy atom. The number of hydrogen-bond acceptors (Lipinski definition) is 4. The van der Waals surface area contributed by atoms with Gasteiger partial charge in [-0.2, -0.15) is 0 Å². The molecule has 3 atom stereocenters. The third-order valence-electron chi connectivity index (χ3n) is 6.34. The fraction of sp³-hybridized carbons (Fsp3) is 0.333. The second-order valence-electron chi connectivity index (χ2n) is 8.85. The molecule has 1 aliphatic rings. The first-order valence-corrected chi connectivity index (χ1v) is 11.3. The van der Waals surface area contributed by atoms with Crippen molar-refractivity contribution in [3.8, 4) is 0 Å². The first-order valence-electron chi connectivity index (χ1n) is 10.5. The molecule has 0 spiro atoms. The van der Waals surface area contributed by atoms with Crippen molar-refractivity contribution in [2.45, 2.75) is 32.7 Å². The van der Waals surface area contributed by atoms with E-state index in [4.69, 9.17) is 23.2 Å². The van der Waals surface area contributed by atoms with Crippen molar-refractivity contribution < 1.29 is 29.4 Å². The molecule has 2 aromatic carbocycles. The van der Waals surface area contributed by atoms with Gasteiger partial charge in [-0.25, -0.2) is 4.79 Å². The van der Waals surface area contributed by atoms with Crippen LogP contribution in [-0.2, 0) is 20.8 Å². The average Bonchev–Trinajstić information content (AvgIpc) is 2.73. The van der Waals surface area contributed by atoms with E-state index in [0.717, 1.165) is 0 Å². The number of carbonyl (C=O) groups is 4. The lowest BCUT2D eigenvalue weighted by molar-refractivity contribution is -0.164. The van der Waals surface area contributed by atoms with Gasteiger partial charge in [0, 0.05) is 18.0 Å². The molecule has 4 N–H and O–H groups in total. The van der Waals surface area contributed by atoms with Crippen molar-refractivity contribution in [3.05, 3.63) is 63.6 Å². The van der Waals surface area contributed by atoms with E-state index >= 15 is 0 Å². The van der Waals surface area contributed by atoms with Crippen molar-refractivity contribution in [2.24, 2.45) is 17.3 Å². The summed E-state index contributed by atoms with van der Waals surface area (Å²) in [6.45, 7) is 3.39. The van der Waals surface area contributed by atoms with Gasteiger partial charge in [0.25, 0.3) is 5.91 Å². The molecule has 10 heteroatoms. The Bertz CT molecular complexity index is 1110. The van der Waals surface area contributed by atoms with Crippen molar-refractivity contribution in [2.75, 3.05) is 5.32 Å². The summed E-state index contributed by atoms with van der Waals surface area (Å²) in [6, 6.07) is 10.0. The van der Waals surface area contributed by atoms with Gasteiger partial charge in [-0.15, -0.1) is 0 Å². The first-order chi connectivity index (χ1) is 15.9. The van der Waals surface area contributed by atoms with Gasteiger partial charge in [-0.1, -0.05) is 55.2 Å². The summed E-state index contributed by atoms with van der Waals surface area (Å²) in [4.78, 5) is 48.2. The van der Waals surface area contributed by atoms with E-state index in [0.29, 0.717) is 11.3 Å². The highest BCUT2D eigenvalue weighted by atomic mass is 35.5. The van der Waals surface area contributed by atoms with E-state index in [-0.39, 0.29) is 28.5 Å². The zero-order chi connectivity index (χ0) is 25.2. The molecule has 34 heavy (non-hydrogen) atoms. The molecule has 2 amide bonds. The standard InChI is InChI=1S/C24H24Cl2N2O6/c1-24(2)14(11-15(24)22(31)32)20(29)28-18(23(33)34)10-12-6-8-13(9-7-12)27-21(30)19-16(25)4-3-5-17(19)26/h3-9,14-15,18H,10-11H2,1-2H3,(H,27,30)(H,28,29)(H,31,32)(H,33,34)/t14-,15-,18-/m0/s1. The Morgan fingerprint density at radius 3 is 2.09 bits per heavy atom. The number of hydrogen-bond donors (Lipinski definition) is 4. The molecule has 1 saturated carbocycles. The Kier molecular flexibility index (Phi) is 7.53. The predicted octanol–water partition coefficient (Wildman–Crippen LogP) is 4.10. The molecule has 1 aliphatic carbocycles. The van der Waals surface area contributed by atoms with Crippen LogP contribution in [0.15, 0.2) is 42.5 Å². The molecule has 0 bridgehead atoms. The van der Waals surface area contributed by atoms with Crippen LogP contribution in [0.3, 0.4) is 0 Å². The number of nitrogens with one attached hydrogen (secondary N) is 2. The second-order valence-corrected chi connectivity index (χ2v) is 9.67. The average molecular weight is 507 g/mol. The zero-order valence-electron chi connectivity index (χ0n) is 18.5. The van der Waals surface area contributed by atoms with E-state index < -0.39 is 47.0 Å². The third kappa shape index (κ3) is 5.34. The van der Waals surface area contributed by atoms with Crippen molar-refractivity contribution >= 4 is 52.6 Å². The van der Waals surface area contributed by atoms with E-state index in [1.165, 1.54) is 0 Å². The van der Waals surface area contributed by atoms with Gasteiger partial charge in [-0.05, 0) is 41.7 Å². The largest absolute Gasteiger partial charge is 0.481 e. The summed E-state index contributed by atoms with van der Waals surface area (Å²) in [5, 5.41) is 24.5. The fourth-order valence-corrected chi connectivity index (χ4v) is 4.70. The maximum absolute atomic E-state index is 12.6. The fourth-order valence-electron chi connectivity index (χ4n) is 4.13. The van der Waals surface area contributed by atoms with Crippen LogP contribution in [0.4, 0.5) is 5.69 Å². The number of benzene rings is 2. The molecule has 0 saturated heterocycles. The maximum atomic E-state index is 12.6. The highest BCUT2D eigenvalue weighted by molar-refractivity contribution is 6.40. The lowest BCUT2D eigenvalue weighted by Gasteiger charge is -2.48. The van der Waals surface area contributed by atoms with E-state index in [2.05, 4.69) is 10.6 Å². The minimum atomic E-state index is -1.20. The Hall–Kier alpha value is -3.10. The molecule has 8 nitrogen and oxygen atoms in total. The number of amides is 2. The summed E-state index contributed by atoms with van der Waals surface area (Å²) in [5.74, 6) is -4.35. The summed E-state index contributed by atoms with van der Waals surface area (Å²) in [5.41, 5.74) is 0.463. The number of carbonyl (C=O) groups excluding carboxylic acids is 2. The topological polar surface area (TPSA) is 133 Å².